The summed E-state index contributed by atoms with van der Waals surface area (Å²) in [4.78, 5) is 15.4. The van der Waals surface area contributed by atoms with Gasteiger partial charge in [-0.15, -0.1) is 0 Å². The first-order valence-electron chi connectivity index (χ1n) is 6.11. The Morgan fingerprint density at radius 1 is 1.50 bits per heavy atom. The van der Waals surface area contributed by atoms with Gasteiger partial charge in [-0.25, -0.2) is 4.98 Å². The van der Waals surface area contributed by atoms with Gasteiger partial charge in [-0.3, -0.25) is 4.79 Å². The Labute approximate surface area is 105 Å². The molecule has 2 saturated heterocycles. The summed E-state index contributed by atoms with van der Waals surface area (Å²) < 4.78 is 5.75. The molecular weight excluding hydrogens is 232 g/mol. The zero-order valence-electron chi connectivity index (χ0n) is 9.93. The van der Waals surface area contributed by atoms with E-state index in [-0.39, 0.29) is 12.1 Å². The normalized spacial score (nSPS) is 29.4. The van der Waals surface area contributed by atoms with E-state index >= 15 is 0 Å². The van der Waals surface area contributed by atoms with Crippen LogP contribution < -0.4 is 16.8 Å². The summed E-state index contributed by atoms with van der Waals surface area (Å²) in [6.45, 7) is 0. The maximum Gasteiger partial charge on any atom is 0.250 e. The van der Waals surface area contributed by atoms with Crippen LogP contribution in [-0.4, -0.2) is 29.1 Å². The molecule has 0 aliphatic carbocycles. The maximum absolute atomic E-state index is 11.2. The van der Waals surface area contributed by atoms with Crippen molar-refractivity contribution in [1.82, 2.24) is 4.98 Å². The van der Waals surface area contributed by atoms with Crippen molar-refractivity contribution in [3.05, 3.63) is 17.8 Å². The summed E-state index contributed by atoms with van der Waals surface area (Å²) in [5.74, 6) is 0.0845. The lowest BCUT2D eigenvalue weighted by molar-refractivity contribution is 0.100. The smallest absolute Gasteiger partial charge is 0.250 e. The predicted molar refractivity (Wildman–Crippen MR) is 67.1 cm³/mol. The van der Waals surface area contributed by atoms with Gasteiger partial charge in [-0.1, -0.05) is 0 Å². The van der Waals surface area contributed by atoms with E-state index < -0.39 is 5.91 Å². The van der Waals surface area contributed by atoms with Crippen molar-refractivity contribution in [2.75, 3.05) is 11.1 Å². The number of hydrogen-bond acceptors (Lipinski definition) is 5. The van der Waals surface area contributed by atoms with Crippen LogP contribution in [0.25, 0.3) is 0 Å². The Morgan fingerprint density at radius 2 is 2.33 bits per heavy atom. The number of carbonyl (C=O) groups excluding carboxylic acids is 1. The summed E-state index contributed by atoms with van der Waals surface area (Å²) in [7, 11) is 0. The zero-order chi connectivity index (χ0) is 12.7. The number of aromatic nitrogens is 1. The molecule has 2 aliphatic heterocycles. The van der Waals surface area contributed by atoms with E-state index in [1.165, 1.54) is 6.20 Å². The quantitative estimate of drug-likeness (QED) is 0.722. The van der Waals surface area contributed by atoms with Gasteiger partial charge in [0.05, 0.1) is 35.7 Å². The van der Waals surface area contributed by atoms with Crippen LogP contribution in [0.1, 0.15) is 29.6 Å². The van der Waals surface area contributed by atoms with Crippen LogP contribution in [0.5, 0.6) is 0 Å². The molecule has 96 valence electrons. The molecule has 1 amide bonds. The van der Waals surface area contributed by atoms with Gasteiger partial charge in [0.15, 0.2) is 0 Å². The van der Waals surface area contributed by atoms with Gasteiger partial charge in [0, 0.05) is 0 Å². The first-order chi connectivity index (χ1) is 8.63. The molecule has 0 aromatic carbocycles. The fourth-order valence-corrected chi connectivity index (χ4v) is 2.74. The van der Waals surface area contributed by atoms with Crippen LogP contribution in [-0.2, 0) is 4.74 Å². The third kappa shape index (κ3) is 1.88. The summed E-state index contributed by atoms with van der Waals surface area (Å²) in [5.41, 5.74) is 11.5. The number of nitrogens with two attached hydrogens (primary N) is 2. The number of anilines is 2. The molecular formula is C12H16N4O2. The zero-order valence-corrected chi connectivity index (χ0v) is 9.93. The summed E-state index contributed by atoms with van der Waals surface area (Å²) in [6.07, 6.45) is 5.30. The highest BCUT2D eigenvalue weighted by Crippen LogP contribution is 2.35. The number of carbonyl (C=O) groups is 1. The molecule has 3 unspecified atom stereocenters. The highest BCUT2D eigenvalue weighted by Gasteiger charge is 2.40. The van der Waals surface area contributed by atoms with Crippen molar-refractivity contribution in [1.29, 1.82) is 0 Å². The molecule has 3 rings (SSSR count). The monoisotopic (exact) mass is 248 g/mol. The van der Waals surface area contributed by atoms with Gasteiger partial charge < -0.3 is 21.5 Å². The summed E-state index contributed by atoms with van der Waals surface area (Å²) in [5, 5.41) is 3.30. The van der Waals surface area contributed by atoms with E-state index in [0.29, 0.717) is 23.2 Å². The number of rotatable bonds is 3. The first-order valence-corrected chi connectivity index (χ1v) is 6.11. The van der Waals surface area contributed by atoms with Crippen molar-refractivity contribution in [3.8, 4) is 0 Å². The molecule has 0 saturated carbocycles. The van der Waals surface area contributed by atoms with Gasteiger partial charge in [0.2, 0.25) is 0 Å². The van der Waals surface area contributed by atoms with Crippen LogP contribution in [0.2, 0.25) is 0 Å². The van der Waals surface area contributed by atoms with Gasteiger partial charge in [0.1, 0.15) is 5.82 Å². The number of fused-ring (bicyclic) bond motifs is 2. The number of amides is 1. The second-order valence-corrected chi connectivity index (χ2v) is 4.88. The molecule has 0 radical (unpaired) electrons. The summed E-state index contributed by atoms with van der Waals surface area (Å²) in [6, 6.07) is 1.87. The van der Waals surface area contributed by atoms with E-state index in [0.717, 1.165) is 19.3 Å². The Kier molecular flexibility index (Phi) is 2.59. The maximum atomic E-state index is 11.2. The lowest BCUT2D eigenvalue weighted by Crippen LogP contribution is -2.31. The van der Waals surface area contributed by atoms with Crippen molar-refractivity contribution in [2.24, 2.45) is 5.73 Å². The van der Waals surface area contributed by atoms with Crippen molar-refractivity contribution in [3.63, 3.8) is 0 Å². The number of primary amides is 1. The predicted octanol–water partition coefficient (Wildman–Crippen LogP) is 0.494. The number of nitrogens with one attached hydrogen (secondary N) is 1. The lowest BCUT2D eigenvalue weighted by Gasteiger charge is -2.20. The van der Waals surface area contributed by atoms with Gasteiger partial charge in [0.25, 0.3) is 5.91 Å². The Balaban J connectivity index is 1.77. The van der Waals surface area contributed by atoms with Crippen LogP contribution in [0, 0.1) is 0 Å². The van der Waals surface area contributed by atoms with Crippen molar-refractivity contribution >= 4 is 17.4 Å². The Morgan fingerprint density at radius 3 is 2.94 bits per heavy atom. The highest BCUT2D eigenvalue weighted by atomic mass is 16.5. The number of nitrogen functional groups attached to an aromatic ring is 1. The fourth-order valence-electron chi connectivity index (χ4n) is 2.74. The standard InChI is InChI=1S/C12H16N4O2/c13-8-5-15-11(4-7(8)12(14)17)16-9-3-6-1-2-10(9)18-6/h4-6,9-10H,1-3,13H2,(H2,14,17)(H,15,16). The molecule has 2 aliphatic rings. The van der Waals surface area contributed by atoms with Gasteiger partial charge >= 0.3 is 0 Å². The van der Waals surface area contributed by atoms with Gasteiger partial charge in [-0.05, 0) is 25.3 Å². The SMILES string of the molecule is NC(=O)c1cc(NC2CC3CCC2O3)ncc1N. The van der Waals surface area contributed by atoms with E-state index in [1.807, 2.05) is 0 Å². The molecule has 6 nitrogen and oxygen atoms in total. The molecule has 3 heterocycles. The average Bonchev–Trinajstić information content (AvgIpc) is 2.93. The number of ether oxygens (including phenoxy) is 1. The minimum Gasteiger partial charge on any atom is -0.397 e. The van der Waals surface area contributed by atoms with Crippen LogP contribution in [0.15, 0.2) is 12.3 Å². The molecule has 1 aromatic rings. The van der Waals surface area contributed by atoms with Crippen LogP contribution in [0.3, 0.4) is 0 Å². The largest absolute Gasteiger partial charge is 0.397 e. The molecule has 0 spiro atoms. The van der Waals surface area contributed by atoms with E-state index in [9.17, 15) is 4.79 Å². The van der Waals surface area contributed by atoms with Crippen molar-refractivity contribution < 1.29 is 9.53 Å². The molecule has 1 aromatic heterocycles. The number of nitrogens with zero attached hydrogens (tertiary/aromatic N) is 1. The lowest BCUT2D eigenvalue weighted by atomic mass is 9.95. The second-order valence-electron chi connectivity index (χ2n) is 4.88. The van der Waals surface area contributed by atoms with E-state index in [4.69, 9.17) is 16.2 Å². The van der Waals surface area contributed by atoms with Gasteiger partial charge in [-0.2, -0.15) is 0 Å². The third-order valence-electron chi connectivity index (χ3n) is 3.64. The first kappa shape index (κ1) is 11.3. The minimum atomic E-state index is -0.540. The van der Waals surface area contributed by atoms with Crippen molar-refractivity contribution in [2.45, 2.75) is 37.5 Å². The van der Waals surface area contributed by atoms with E-state index in [1.54, 1.807) is 6.07 Å². The minimum absolute atomic E-state index is 0.256. The molecule has 3 atom stereocenters. The Hall–Kier alpha value is -1.82. The molecule has 6 heteroatoms. The fraction of sp³-hybridized carbons (Fsp3) is 0.500. The second kappa shape index (κ2) is 4.13. The number of pyridine rings is 1. The topological polar surface area (TPSA) is 103 Å². The third-order valence-corrected chi connectivity index (χ3v) is 3.64. The molecule has 2 fully saturated rings. The summed E-state index contributed by atoms with van der Waals surface area (Å²) >= 11 is 0. The molecule has 5 N–H and O–H groups in total. The van der Waals surface area contributed by atoms with Crippen LogP contribution in [0.4, 0.5) is 11.5 Å². The average molecular weight is 248 g/mol. The van der Waals surface area contributed by atoms with E-state index in [2.05, 4.69) is 10.3 Å². The highest BCUT2D eigenvalue weighted by molar-refractivity contribution is 5.98. The number of hydrogen-bond donors (Lipinski definition) is 3. The molecule has 2 bridgehead atoms. The van der Waals surface area contributed by atoms with Crippen LogP contribution >= 0.6 is 0 Å². The molecule has 18 heavy (non-hydrogen) atoms. The Bertz CT molecular complexity index is 491.